The maximum atomic E-state index is 11.7. The van der Waals surface area contributed by atoms with Crippen molar-refractivity contribution in [3.63, 3.8) is 0 Å². The first-order valence-electron chi connectivity index (χ1n) is 5.00. The van der Waals surface area contributed by atoms with Crippen molar-refractivity contribution >= 4 is 33.2 Å². The Morgan fingerprint density at radius 2 is 2.40 bits per heavy atom. The van der Waals surface area contributed by atoms with E-state index in [0.717, 1.165) is 10.9 Å². The summed E-state index contributed by atoms with van der Waals surface area (Å²) in [4.78, 5) is 12.9. The van der Waals surface area contributed by atoms with Crippen molar-refractivity contribution in [2.24, 2.45) is 11.3 Å². The van der Waals surface area contributed by atoms with Crippen LogP contribution in [0.1, 0.15) is 25.1 Å². The van der Waals surface area contributed by atoms with E-state index >= 15 is 0 Å². The highest BCUT2D eigenvalue weighted by Gasteiger charge is 2.50. The highest BCUT2D eigenvalue weighted by molar-refractivity contribution is 9.10. The number of halogens is 1. The second-order valence-corrected chi connectivity index (χ2v) is 6.51. The summed E-state index contributed by atoms with van der Waals surface area (Å²) < 4.78 is 1.09. The molecule has 4 heteroatoms. The molecule has 82 valence electrons. The van der Waals surface area contributed by atoms with Crippen LogP contribution in [0.25, 0.3) is 0 Å². The zero-order valence-electron chi connectivity index (χ0n) is 8.84. The lowest BCUT2D eigenvalue weighted by molar-refractivity contribution is -0.123. The van der Waals surface area contributed by atoms with Gasteiger partial charge >= 0.3 is 0 Å². The van der Waals surface area contributed by atoms with Gasteiger partial charge in [0, 0.05) is 15.3 Å². The Balaban J connectivity index is 1.85. The first kappa shape index (κ1) is 11.1. The molecular formula is C11H14BrNOS. The van der Waals surface area contributed by atoms with Crippen LogP contribution in [-0.4, -0.2) is 5.91 Å². The fourth-order valence-corrected chi connectivity index (χ4v) is 3.09. The lowest BCUT2D eigenvalue weighted by Crippen LogP contribution is -2.25. The lowest BCUT2D eigenvalue weighted by atomic mass is 10.1. The number of carbonyl (C=O) groups excluding carboxylic acids is 1. The summed E-state index contributed by atoms with van der Waals surface area (Å²) in [6.45, 7) is 4.92. The Hall–Kier alpha value is -0.350. The summed E-state index contributed by atoms with van der Waals surface area (Å²) in [6.07, 6.45) is 1.02. The third kappa shape index (κ3) is 2.42. The summed E-state index contributed by atoms with van der Waals surface area (Å²) in [5.41, 5.74) is 0.219. The standard InChI is InChI=1S/C11H14BrNOS/c1-11(2)5-7(11)10(14)13-6-9-8(12)3-4-15-9/h3-4,7H,5-6H2,1-2H3,(H,13,14). The van der Waals surface area contributed by atoms with E-state index in [4.69, 9.17) is 0 Å². The van der Waals surface area contributed by atoms with Crippen LogP contribution in [0.5, 0.6) is 0 Å². The van der Waals surface area contributed by atoms with Crippen LogP contribution >= 0.6 is 27.3 Å². The molecule has 1 aliphatic carbocycles. The van der Waals surface area contributed by atoms with Crippen LogP contribution in [0, 0.1) is 11.3 Å². The number of amides is 1. The smallest absolute Gasteiger partial charge is 0.223 e. The molecule has 0 saturated heterocycles. The van der Waals surface area contributed by atoms with Crippen molar-refractivity contribution in [1.82, 2.24) is 5.32 Å². The van der Waals surface area contributed by atoms with Gasteiger partial charge in [-0.1, -0.05) is 13.8 Å². The summed E-state index contributed by atoms with van der Waals surface area (Å²) in [5, 5.41) is 5.01. The normalized spacial score (nSPS) is 22.5. The highest BCUT2D eigenvalue weighted by atomic mass is 79.9. The number of hydrogen-bond donors (Lipinski definition) is 1. The topological polar surface area (TPSA) is 29.1 Å². The number of nitrogens with one attached hydrogen (secondary N) is 1. The molecule has 1 saturated carbocycles. The molecule has 2 nitrogen and oxygen atoms in total. The molecule has 0 aromatic carbocycles. The van der Waals surface area contributed by atoms with E-state index < -0.39 is 0 Å². The van der Waals surface area contributed by atoms with Gasteiger partial charge in [0.25, 0.3) is 0 Å². The second-order valence-electron chi connectivity index (χ2n) is 4.65. The molecule has 1 aliphatic rings. The molecule has 1 N–H and O–H groups in total. The van der Waals surface area contributed by atoms with Crippen molar-refractivity contribution in [3.8, 4) is 0 Å². The maximum absolute atomic E-state index is 11.7. The van der Waals surface area contributed by atoms with Gasteiger partial charge in [-0.2, -0.15) is 0 Å². The lowest BCUT2D eigenvalue weighted by Gasteiger charge is -2.05. The van der Waals surface area contributed by atoms with Crippen molar-refractivity contribution in [2.75, 3.05) is 0 Å². The van der Waals surface area contributed by atoms with Crippen molar-refractivity contribution in [1.29, 1.82) is 0 Å². The average Bonchev–Trinajstić information content (AvgIpc) is 2.61. The molecule has 0 spiro atoms. The first-order chi connectivity index (χ1) is 7.00. The minimum atomic E-state index is 0.195. The Labute approximate surface area is 102 Å². The fraction of sp³-hybridized carbons (Fsp3) is 0.545. The van der Waals surface area contributed by atoms with E-state index in [1.54, 1.807) is 11.3 Å². The van der Waals surface area contributed by atoms with Gasteiger partial charge in [0.1, 0.15) is 0 Å². The van der Waals surface area contributed by atoms with E-state index in [1.165, 1.54) is 4.88 Å². The fourth-order valence-electron chi connectivity index (χ4n) is 1.66. The minimum Gasteiger partial charge on any atom is -0.351 e. The van der Waals surface area contributed by atoms with Crippen LogP contribution in [-0.2, 0) is 11.3 Å². The highest BCUT2D eigenvalue weighted by Crippen LogP contribution is 2.51. The van der Waals surface area contributed by atoms with Gasteiger partial charge in [0.2, 0.25) is 5.91 Å². The second kappa shape index (κ2) is 3.91. The molecular weight excluding hydrogens is 274 g/mol. The monoisotopic (exact) mass is 287 g/mol. The molecule has 0 radical (unpaired) electrons. The zero-order chi connectivity index (χ0) is 11.1. The molecule has 1 atom stereocenters. The SMILES string of the molecule is CC1(C)CC1C(=O)NCc1sccc1Br. The van der Waals surface area contributed by atoms with Gasteiger partial charge in [-0.25, -0.2) is 0 Å². The Kier molecular flexibility index (Phi) is 2.90. The largest absolute Gasteiger partial charge is 0.351 e. The van der Waals surface area contributed by atoms with E-state index in [1.807, 2.05) is 11.4 Å². The molecule has 15 heavy (non-hydrogen) atoms. The molecule has 1 aromatic rings. The van der Waals surface area contributed by atoms with Crippen molar-refractivity contribution < 1.29 is 4.79 Å². The molecule has 1 aromatic heterocycles. The summed E-state index contributed by atoms with van der Waals surface area (Å²) >= 11 is 5.11. The Morgan fingerprint density at radius 3 is 2.87 bits per heavy atom. The average molecular weight is 288 g/mol. The molecule has 1 fully saturated rings. The number of thiophene rings is 1. The number of carbonyl (C=O) groups is 1. The van der Waals surface area contributed by atoms with Crippen LogP contribution in [0.4, 0.5) is 0 Å². The quantitative estimate of drug-likeness (QED) is 0.909. The summed E-state index contributed by atoms with van der Waals surface area (Å²) in [7, 11) is 0. The predicted molar refractivity (Wildman–Crippen MR) is 65.8 cm³/mol. The Bertz CT molecular complexity index is 386. The maximum Gasteiger partial charge on any atom is 0.223 e. The van der Waals surface area contributed by atoms with Crippen LogP contribution < -0.4 is 5.32 Å². The van der Waals surface area contributed by atoms with Crippen molar-refractivity contribution in [2.45, 2.75) is 26.8 Å². The zero-order valence-corrected chi connectivity index (χ0v) is 11.2. The van der Waals surface area contributed by atoms with Gasteiger partial charge in [-0.15, -0.1) is 11.3 Å². The van der Waals surface area contributed by atoms with Crippen LogP contribution in [0.2, 0.25) is 0 Å². The first-order valence-corrected chi connectivity index (χ1v) is 6.67. The summed E-state index contributed by atoms with van der Waals surface area (Å²) in [6, 6.07) is 2.01. The van der Waals surface area contributed by atoms with Crippen LogP contribution in [0.15, 0.2) is 15.9 Å². The number of rotatable bonds is 3. The van der Waals surface area contributed by atoms with Crippen molar-refractivity contribution in [3.05, 3.63) is 20.8 Å². The van der Waals surface area contributed by atoms with E-state index in [-0.39, 0.29) is 17.2 Å². The number of hydrogen-bond acceptors (Lipinski definition) is 2. The molecule has 2 rings (SSSR count). The van der Waals surface area contributed by atoms with Gasteiger partial charge in [0.15, 0.2) is 0 Å². The minimum absolute atomic E-state index is 0.195. The molecule has 1 unspecified atom stereocenters. The van der Waals surface area contributed by atoms with Crippen LogP contribution in [0.3, 0.4) is 0 Å². The van der Waals surface area contributed by atoms with Gasteiger partial charge < -0.3 is 5.32 Å². The van der Waals surface area contributed by atoms with Gasteiger partial charge in [-0.3, -0.25) is 4.79 Å². The third-order valence-electron chi connectivity index (χ3n) is 2.94. The Morgan fingerprint density at radius 1 is 1.73 bits per heavy atom. The molecule has 0 bridgehead atoms. The molecule has 1 amide bonds. The van der Waals surface area contributed by atoms with Gasteiger partial charge in [0.05, 0.1) is 6.54 Å². The third-order valence-corrected chi connectivity index (χ3v) is 4.87. The van der Waals surface area contributed by atoms with E-state index in [0.29, 0.717) is 6.54 Å². The van der Waals surface area contributed by atoms with E-state index in [9.17, 15) is 4.79 Å². The molecule has 0 aliphatic heterocycles. The predicted octanol–water partition coefficient (Wildman–Crippen LogP) is 3.17. The van der Waals surface area contributed by atoms with E-state index in [2.05, 4.69) is 35.1 Å². The molecule has 1 heterocycles. The summed E-state index contributed by atoms with van der Waals surface area (Å²) in [5.74, 6) is 0.413. The van der Waals surface area contributed by atoms with Gasteiger partial charge in [-0.05, 0) is 39.2 Å².